The normalized spacial score (nSPS) is 18.7. The van der Waals surface area contributed by atoms with Crippen LogP contribution in [0, 0.1) is 5.92 Å². The van der Waals surface area contributed by atoms with E-state index in [4.69, 9.17) is 9.47 Å². The van der Waals surface area contributed by atoms with Crippen molar-refractivity contribution < 1.29 is 33.4 Å². The first-order valence-electron chi connectivity index (χ1n) is 15.5. The molecular formula is C36H45FO6. The standard InChI is InChI=1S/C36H45FO6/c1-5-6-7-8-9-10-11-16-33(38)43-29-19-17-27(18-20-29)28-21-22-36(35(40)41,32(37)24-28)31-15-13-12-14-30(31)34(39)42-26(4)23-25(2)3/h12-15,17-22,24-26,28H,5-11,16,23H2,1-4H3,(H,40,41). The van der Waals surface area contributed by atoms with Gasteiger partial charge >= 0.3 is 17.9 Å². The zero-order valence-corrected chi connectivity index (χ0v) is 25.8. The van der Waals surface area contributed by atoms with Gasteiger partial charge in [-0.3, -0.25) is 9.59 Å². The summed E-state index contributed by atoms with van der Waals surface area (Å²) < 4.78 is 27.0. The summed E-state index contributed by atoms with van der Waals surface area (Å²) in [7, 11) is 0. The quantitative estimate of drug-likeness (QED) is 0.0906. The van der Waals surface area contributed by atoms with Crippen LogP contribution >= 0.6 is 0 Å². The molecule has 0 aliphatic heterocycles. The molecule has 3 rings (SSSR count). The van der Waals surface area contributed by atoms with E-state index in [2.05, 4.69) is 6.92 Å². The van der Waals surface area contributed by atoms with Gasteiger partial charge in [0.25, 0.3) is 0 Å². The summed E-state index contributed by atoms with van der Waals surface area (Å²) in [6.07, 6.45) is 12.6. The van der Waals surface area contributed by atoms with Gasteiger partial charge in [-0.05, 0) is 61.1 Å². The molecule has 0 amide bonds. The van der Waals surface area contributed by atoms with E-state index in [0.29, 0.717) is 30.1 Å². The molecule has 3 unspecified atom stereocenters. The molecule has 1 aliphatic rings. The lowest BCUT2D eigenvalue weighted by Crippen LogP contribution is -2.38. The first kappa shape index (κ1) is 33.8. The SMILES string of the molecule is CCCCCCCCCC(=O)Oc1ccc(C2C=CC(C(=O)O)(c3ccccc3C(=O)OC(C)CC(C)C)C(F)=C2)cc1. The molecule has 3 atom stereocenters. The molecule has 0 heterocycles. The zero-order chi connectivity index (χ0) is 31.4. The zero-order valence-electron chi connectivity index (χ0n) is 25.8. The Morgan fingerprint density at radius 3 is 2.21 bits per heavy atom. The fraction of sp³-hybridized carbons (Fsp3) is 0.472. The van der Waals surface area contributed by atoms with Crippen molar-refractivity contribution in [2.45, 2.75) is 103 Å². The van der Waals surface area contributed by atoms with Crippen molar-refractivity contribution in [2.24, 2.45) is 5.92 Å². The lowest BCUT2D eigenvalue weighted by Gasteiger charge is -2.31. The first-order chi connectivity index (χ1) is 20.6. The third kappa shape index (κ3) is 9.12. The van der Waals surface area contributed by atoms with E-state index >= 15 is 4.39 Å². The molecule has 2 aromatic rings. The number of allylic oxidation sites excluding steroid dienone is 2. The minimum atomic E-state index is -2.17. The van der Waals surface area contributed by atoms with E-state index in [9.17, 15) is 19.5 Å². The van der Waals surface area contributed by atoms with Crippen molar-refractivity contribution in [3.05, 3.63) is 89.3 Å². The summed E-state index contributed by atoms with van der Waals surface area (Å²) in [5.41, 5.74) is -1.45. The Hall–Kier alpha value is -3.74. The van der Waals surface area contributed by atoms with Crippen molar-refractivity contribution in [2.75, 3.05) is 0 Å². The van der Waals surface area contributed by atoms with E-state index in [1.54, 1.807) is 49.4 Å². The monoisotopic (exact) mass is 592 g/mol. The van der Waals surface area contributed by atoms with Crippen molar-refractivity contribution in [1.29, 1.82) is 0 Å². The second-order valence-electron chi connectivity index (χ2n) is 11.8. The van der Waals surface area contributed by atoms with Crippen LogP contribution in [-0.2, 0) is 19.7 Å². The molecule has 0 bridgehead atoms. The molecule has 43 heavy (non-hydrogen) atoms. The number of aliphatic carboxylic acids is 1. The fourth-order valence-electron chi connectivity index (χ4n) is 5.52. The summed E-state index contributed by atoms with van der Waals surface area (Å²) in [6.45, 7) is 7.99. The van der Waals surface area contributed by atoms with Gasteiger partial charge in [0, 0.05) is 12.3 Å². The maximum Gasteiger partial charge on any atom is 0.338 e. The maximum absolute atomic E-state index is 15.9. The van der Waals surface area contributed by atoms with Crippen LogP contribution in [0.25, 0.3) is 0 Å². The molecule has 7 heteroatoms. The fourth-order valence-corrected chi connectivity index (χ4v) is 5.52. The largest absolute Gasteiger partial charge is 0.480 e. The smallest absolute Gasteiger partial charge is 0.338 e. The van der Waals surface area contributed by atoms with Crippen molar-refractivity contribution in [1.82, 2.24) is 0 Å². The van der Waals surface area contributed by atoms with Crippen LogP contribution in [0.1, 0.15) is 113 Å². The summed E-state index contributed by atoms with van der Waals surface area (Å²) in [6, 6.07) is 12.9. The molecule has 0 spiro atoms. The highest BCUT2D eigenvalue weighted by Gasteiger charge is 2.47. The first-order valence-corrected chi connectivity index (χ1v) is 15.5. The Morgan fingerprint density at radius 2 is 1.58 bits per heavy atom. The van der Waals surface area contributed by atoms with Gasteiger partial charge in [0.1, 0.15) is 11.6 Å². The average Bonchev–Trinajstić information content (AvgIpc) is 2.96. The van der Waals surface area contributed by atoms with Gasteiger partial charge in [-0.15, -0.1) is 0 Å². The Labute approximate surface area is 255 Å². The van der Waals surface area contributed by atoms with Gasteiger partial charge in [0.2, 0.25) is 0 Å². The number of hydrogen-bond acceptors (Lipinski definition) is 5. The van der Waals surface area contributed by atoms with Gasteiger partial charge in [-0.25, -0.2) is 9.18 Å². The van der Waals surface area contributed by atoms with E-state index < -0.39 is 29.1 Å². The second kappa shape index (κ2) is 16.2. The molecule has 0 fully saturated rings. The third-order valence-corrected chi connectivity index (χ3v) is 7.76. The van der Waals surface area contributed by atoms with Crippen molar-refractivity contribution in [3.63, 3.8) is 0 Å². The lowest BCUT2D eigenvalue weighted by molar-refractivity contribution is -0.141. The molecule has 6 nitrogen and oxygen atoms in total. The van der Waals surface area contributed by atoms with Gasteiger partial charge in [0.05, 0.1) is 11.7 Å². The number of benzene rings is 2. The number of rotatable bonds is 16. The molecule has 2 aromatic carbocycles. The van der Waals surface area contributed by atoms with E-state index in [0.717, 1.165) is 19.3 Å². The van der Waals surface area contributed by atoms with Gasteiger partial charge in [0.15, 0.2) is 5.41 Å². The van der Waals surface area contributed by atoms with Crippen LogP contribution in [0.4, 0.5) is 4.39 Å². The molecule has 1 aliphatic carbocycles. The highest BCUT2D eigenvalue weighted by molar-refractivity contribution is 5.97. The lowest BCUT2D eigenvalue weighted by atomic mass is 9.72. The van der Waals surface area contributed by atoms with E-state index in [-0.39, 0.29) is 23.2 Å². The summed E-state index contributed by atoms with van der Waals surface area (Å²) >= 11 is 0. The Balaban J connectivity index is 1.70. The molecule has 0 saturated heterocycles. The second-order valence-corrected chi connectivity index (χ2v) is 11.8. The predicted molar refractivity (Wildman–Crippen MR) is 166 cm³/mol. The van der Waals surface area contributed by atoms with Crippen LogP contribution in [0.2, 0.25) is 0 Å². The number of carbonyl (C=O) groups is 3. The average molecular weight is 593 g/mol. The van der Waals surface area contributed by atoms with Crippen LogP contribution in [0.3, 0.4) is 0 Å². The van der Waals surface area contributed by atoms with Crippen LogP contribution in [0.5, 0.6) is 5.75 Å². The number of esters is 2. The Kier molecular flexibility index (Phi) is 12.7. The molecule has 0 saturated carbocycles. The highest BCUT2D eigenvalue weighted by atomic mass is 19.1. The molecule has 0 radical (unpaired) electrons. The number of carboxylic acids is 1. The molecule has 232 valence electrons. The van der Waals surface area contributed by atoms with Crippen molar-refractivity contribution >= 4 is 17.9 Å². The maximum atomic E-state index is 15.9. The molecule has 1 N–H and O–H groups in total. The highest BCUT2D eigenvalue weighted by Crippen LogP contribution is 2.43. The molecule has 0 aromatic heterocycles. The predicted octanol–water partition coefficient (Wildman–Crippen LogP) is 8.85. The van der Waals surface area contributed by atoms with Gasteiger partial charge in [-0.2, -0.15) is 0 Å². The summed E-state index contributed by atoms with van der Waals surface area (Å²) in [5, 5.41) is 10.3. The van der Waals surface area contributed by atoms with Crippen LogP contribution < -0.4 is 4.74 Å². The minimum Gasteiger partial charge on any atom is -0.480 e. The van der Waals surface area contributed by atoms with Crippen LogP contribution in [-0.4, -0.2) is 29.1 Å². The van der Waals surface area contributed by atoms with E-state index in [1.807, 2.05) is 13.8 Å². The summed E-state index contributed by atoms with van der Waals surface area (Å²) in [5.74, 6) is -3.15. The number of halogens is 1. The van der Waals surface area contributed by atoms with Crippen LogP contribution in [0.15, 0.2) is 72.6 Å². The minimum absolute atomic E-state index is 0.00909. The van der Waals surface area contributed by atoms with E-state index in [1.165, 1.54) is 50.0 Å². The number of carboxylic acid groups (broad SMARTS) is 1. The number of ether oxygens (including phenoxy) is 2. The number of hydrogen-bond donors (Lipinski definition) is 1. The third-order valence-electron chi connectivity index (χ3n) is 7.76. The Bertz CT molecular complexity index is 1300. The topological polar surface area (TPSA) is 89.9 Å². The van der Waals surface area contributed by atoms with Gasteiger partial charge in [-0.1, -0.05) is 102 Å². The number of carbonyl (C=O) groups excluding carboxylic acids is 2. The number of unbranched alkanes of at least 4 members (excludes halogenated alkanes) is 6. The Morgan fingerprint density at radius 1 is 0.930 bits per heavy atom. The van der Waals surface area contributed by atoms with Gasteiger partial charge < -0.3 is 14.6 Å². The summed E-state index contributed by atoms with van der Waals surface area (Å²) in [4.78, 5) is 38.0. The van der Waals surface area contributed by atoms with Crippen molar-refractivity contribution in [3.8, 4) is 5.75 Å². The molecular weight excluding hydrogens is 547 g/mol.